The highest BCUT2D eigenvalue weighted by Gasteiger charge is 2.40. The lowest BCUT2D eigenvalue weighted by Crippen LogP contribution is -2.29. The smallest absolute Gasteiger partial charge is 0.407 e. The van der Waals surface area contributed by atoms with E-state index in [-0.39, 0.29) is 47.1 Å². The van der Waals surface area contributed by atoms with E-state index in [0.717, 1.165) is 68.4 Å². The fourth-order valence-electron chi connectivity index (χ4n) is 8.97. The Hall–Kier alpha value is -5.22. The second-order valence-electron chi connectivity index (χ2n) is 18.0. The van der Waals surface area contributed by atoms with Crippen molar-refractivity contribution in [2.45, 2.75) is 117 Å². The van der Waals surface area contributed by atoms with Crippen LogP contribution in [0, 0.1) is 5.92 Å². The molecule has 62 heavy (non-hydrogen) atoms. The third-order valence-electron chi connectivity index (χ3n) is 12.1. The van der Waals surface area contributed by atoms with Gasteiger partial charge in [0, 0.05) is 60.7 Å². The largest absolute Gasteiger partial charge is 0.494 e. The number of aromatic nitrogens is 1. The van der Waals surface area contributed by atoms with E-state index in [2.05, 4.69) is 142 Å². The number of nitrogens with zero attached hydrogens (tertiary/aromatic N) is 2. The molecule has 336 valence electrons. The van der Waals surface area contributed by atoms with Crippen molar-refractivity contribution in [1.82, 2.24) is 9.88 Å². The van der Waals surface area contributed by atoms with Gasteiger partial charge >= 0.3 is 6.09 Å². The summed E-state index contributed by atoms with van der Waals surface area (Å²) in [4.78, 5) is 29.5. The molecule has 2 heterocycles. The number of aromatic hydroxyl groups is 1. The van der Waals surface area contributed by atoms with Crippen molar-refractivity contribution in [2.75, 3.05) is 61.5 Å². The fraction of sp³-hybridized carbons (Fsp3) is 0.500. The van der Waals surface area contributed by atoms with E-state index >= 15 is 0 Å². The van der Waals surface area contributed by atoms with E-state index in [1.807, 2.05) is 13.8 Å². The molecule has 1 saturated carbocycles. The summed E-state index contributed by atoms with van der Waals surface area (Å²) in [6, 6.07) is 18.8. The average Bonchev–Trinajstić information content (AvgIpc) is 3.72. The Kier molecular flexibility index (Phi) is 17.1. The lowest BCUT2D eigenvalue weighted by Gasteiger charge is -2.28. The summed E-state index contributed by atoms with van der Waals surface area (Å²) < 4.78 is 12.7. The van der Waals surface area contributed by atoms with E-state index in [0.29, 0.717) is 37.7 Å². The Morgan fingerprint density at radius 3 is 2.44 bits per heavy atom. The van der Waals surface area contributed by atoms with Crippen molar-refractivity contribution in [2.24, 2.45) is 5.92 Å². The maximum absolute atomic E-state index is 14.4. The zero-order valence-electron chi connectivity index (χ0n) is 38.7. The predicted octanol–water partition coefficient (Wildman–Crippen LogP) is 11.0. The maximum Gasteiger partial charge on any atom is 0.407 e. The number of carbonyl (C=O) groups is 1. The lowest BCUT2D eigenvalue weighted by atomic mass is 9.79. The summed E-state index contributed by atoms with van der Waals surface area (Å²) in [5.74, 6) is -0.000801. The van der Waals surface area contributed by atoms with E-state index in [1.165, 1.54) is 22.5 Å². The zero-order chi connectivity index (χ0) is 44.9. The summed E-state index contributed by atoms with van der Waals surface area (Å²) in [6.07, 6.45) is 13.8. The van der Waals surface area contributed by atoms with Crippen molar-refractivity contribution in [1.29, 1.82) is 0 Å². The van der Waals surface area contributed by atoms with Gasteiger partial charge in [-0.1, -0.05) is 121 Å². The van der Waals surface area contributed by atoms with Gasteiger partial charge in [-0.15, -0.1) is 0 Å². The van der Waals surface area contributed by atoms with Gasteiger partial charge in [0.25, 0.3) is 0 Å². The molecule has 2 unspecified atom stereocenters. The molecule has 1 aliphatic carbocycles. The van der Waals surface area contributed by atoms with Crippen LogP contribution in [-0.4, -0.2) is 61.8 Å². The number of ether oxygens (including phenoxy) is 2. The molecule has 1 aromatic heterocycles. The van der Waals surface area contributed by atoms with Crippen LogP contribution in [0.1, 0.15) is 117 Å². The molecule has 0 spiro atoms. The maximum atomic E-state index is 14.4. The number of para-hydroxylation sites is 2. The van der Waals surface area contributed by atoms with Crippen LogP contribution in [0.5, 0.6) is 5.88 Å². The Bertz CT molecular complexity index is 2150. The quantitative estimate of drug-likeness (QED) is 0.0583. The van der Waals surface area contributed by atoms with Crippen LogP contribution in [0.2, 0.25) is 0 Å². The third-order valence-corrected chi connectivity index (χ3v) is 12.1. The monoisotopic (exact) mass is 848 g/mol. The van der Waals surface area contributed by atoms with Crippen molar-refractivity contribution in [3.8, 4) is 5.88 Å². The first kappa shape index (κ1) is 47.8. The molecule has 10 heteroatoms. The second kappa shape index (κ2) is 22.2. The number of alkyl carbamates (subject to hydrolysis) is 1. The highest BCUT2D eigenvalue weighted by molar-refractivity contribution is 5.71. The first-order valence-electron chi connectivity index (χ1n) is 22.9. The van der Waals surface area contributed by atoms with E-state index in [9.17, 15) is 14.7 Å². The van der Waals surface area contributed by atoms with Crippen LogP contribution in [0.4, 0.5) is 22.0 Å². The molecule has 10 nitrogen and oxygen atoms in total. The molecule has 1 fully saturated rings. The van der Waals surface area contributed by atoms with Crippen LogP contribution in [-0.2, 0) is 26.8 Å². The standard InChI is InChI=1S/C52H73N5O5/c1-10-28-53-42-21-15-13-19-40(42)51(6,7)27-17-18-38-23-24-39(25-26-45-52(8,9)41-20-14-16-22-43(41)56(45)31-12-3)47(38)48-44(58)35-46(54-29-11-2)57(49(48)59)32-34-62-50(60)55-30-33-61-36-37(4)5/h13-22,25-26,35,38,47,53-54,59H,4,10-12,23-24,27-34,36H2,1-3,5-9H3,(H,55,60)/b18-17+,39-25-,45-26-. The fourth-order valence-corrected chi connectivity index (χ4v) is 8.97. The molecule has 2 aromatic carbocycles. The number of benzene rings is 2. The number of carbonyl (C=O) groups excluding carboxylic acids is 1. The van der Waals surface area contributed by atoms with Crippen LogP contribution >= 0.6 is 0 Å². The Morgan fingerprint density at radius 2 is 1.69 bits per heavy atom. The van der Waals surface area contributed by atoms with Crippen molar-refractivity contribution < 1.29 is 19.4 Å². The van der Waals surface area contributed by atoms with Crippen molar-refractivity contribution in [3.63, 3.8) is 0 Å². The molecule has 2 aliphatic rings. The Morgan fingerprint density at radius 1 is 0.968 bits per heavy atom. The number of anilines is 3. The minimum atomic E-state index is -0.576. The first-order valence-corrected chi connectivity index (χ1v) is 22.9. The van der Waals surface area contributed by atoms with Crippen LogP contribution < -0.4 is 26.3 Å². The number of fused-ring (bicyclic) bond motifs is 1. The summed E-state index contributed by atoms with van der Waals surface area (Å²) in [7, 11) is 0. The molecule has 5 rings (SSSR count). The van der Waals surface area contributed by atoms with Crippen LogP contribution in [0.15, 0.2) is 107 Å². The number of hydrogen-bond acceptors (Lipinski definition) is 8. The molecule has 2 atom stereocenters. The van der Waals surface area contributed by atoms with Gasteiger partial charge in [-0.05, 0) is 86.1 Å². The highest BCUT2D eigenvalue weighted by atomic mass is 16.5. The molecule has 3 aromatic rings. The predicted molar refractivity (Wildman–Crippen MR) is 257 cm³/mol. The summed E-state index contributed by atoms with van der Waals surface area (Å²) >= 11 is 0. The number of nitrogens with one attached hydrogen (secondary N) is 3. The molecule has 1 amide bonds. The van der Waals surface area contributed by atoms with Crippen molar-refractivity contribution >= 4 is 23.3 Å². The number of rotatable bonds is 22. The third kappa shape index (κ3) is 11.6. The van der Waals surface area contributed by atoms with Gasteiger partial charge in [-0.2, -0.15) is 0 Å². The molecular weight excluding hydrogens is 775 g/mol. The molecule has 0 radical (unpaired) electrons. The summed E-state index contributed by atoms with van der Waals surface area (Å²) in [5, 5.41) is 22.0. The van der Waals surface area contributed by atoms with Gasteiger partial charge < -0.3 is 35.4 Å². The Balaban J connectivity index is 1.52. The number of allylic oxidation sites excluding steroid dienone is 6. The first-order chi connectivity index (χ1) is 29.7. The van der Waals surface area contributed by atoms with E-state index < -0.39 is 6.09 Å². The molecular formula is C52H73N5O5. The minimum absolute atomic E-state index is 0.00943. The van der Waals surface area contributed by atoms with Crippen LogP contribution in [0.3, 0.4) is 0 Å². The summed E-state index contributed by atoms with van der Waals surface area (Å²) in [6.45, 7) is 24.9. The minimum Gasteiger partial charge on any atom is -0.494 e. The summed E-state index contributed by atoms with van der Waals surface area (Å²) in [5.41, 5.74) is 8.01. The van der Waals surface area contributed by atoms with E-state index in [1.54, 1.807) is 10.6 Å². The van der Waals surface area contributed by atoms with Gasteiger partial charge in [0.1, 0.15) is 12.4 Å². The molecule has 1 aliphatic heterocycles. The molecule has 0 saturated heterocycles. The number of hydrogen-bond donors (Lipinski definition) is 4. The molecule has 0 bridgehead atoms. The second-order valence-corrected chi connectivity index (χ2v) is 18.0. The van der Waals surface area contributed by atoms with Gasteiger partial charge in [0.15, 0.2) is 5.43 Å². The SMILES string of the molecule is C=C(C)COCCNC(=O)OCCn1c(NCCC)cc(=O)c(C2/C(=C\C=C3/N(CCC)c4ccccc4C3(C)C)CCC2/C=C/CC(C)(C)c2ccccc2NCCC)c1O. The van der Waals surface area contributed by atoms with Gasteiger partial charge in [-0.25, -0.2) is 4.79 Å². The number of pyridine rings is 1. The topological polar surface area (TPSA) is 117 Å². The average molecular weight is 848 g/mol. The van der Waals surface area contributed by atoms with Gasteiger partial charge in [-0.3, -0.25) is 9.36 Å². The lowest BCUT2D eigenvalue weighted by molar-refractivity contribution is 0.128. The van der Waals surface area contributed by atoms with Crippen molar-refractivity contribution in [3.05, 3.63) is 129 Å². The van der Waals surface area contributed by atoms with Gasteiger partial charge in [0.2, 0.25) is 5.88 Å². The zero-order valence-corrected chi connectivity index (χ0v) is 38.7. The molecule has 4 N–H and O–H groups in total. The highest BCUT2D eigenvalue weighted by Crippen LogP contribution is 2.50. The van der Waals surface area contributed by atoms with E-state index in [4.69, 9.17) is 9.47 Å². The number of amides is 1. The van der Waals surface area contributed by atoms with Crippen LogP contribution in [0.25, 0.3) is 0 Å². The normalized spacial score (nSPS) is 18.4. The Labute approximate surface area is 371 Å². The van der Waals surface area contributed by atoms with Gasteiger partial charge in [0.05, 0.1) is 25.3 Å².